The standard InChI is InChI=1S/C11H13F3O/c12-11(13,14)10-7-2-1-5-9(10)6-3-4-8-15/h1-2,5,7,15H,3-4,6,8H2. The van der Waals surface area contributed by atoms with Gasteiger partial charge in [-0.05, 0) is 30.9 Å². The Labute approximate surface area is 86.5 Å². The summed E-state index contributed by atoms with van der Waals surface area (Å²) in [5.41, 5.74) is -0.263. The summed E-state index contributed by atoms with van der Waals surface area (Å²) in [6, 6.07) is 5.57. The summed E-state index contributed by atoms with van der Waals surface area (Å²) in [7, 11) is 0. The molecule has 0 aromatic heterocycles. The minimum Gasteiger partial charge on any atom is -0.396 e. The topological polar surface area (TPSA) is 20.2 Å². The van der Waals surface area contributed by atoms with Crippen molar-refractivity contribution in [2.75, 3.05) is 6.61 Å². The summed E-state index contributed by atoms with van der Waals surface area (Å²) in [6.07, 6.45) is -2.82. The van der Waals surface area contributed by atoms with E-state index in [2.05, 4.69) is 0 Å². The predicted molar refractivity (Wildman–Crippen MR) is 51.5 cm³/mol. The zero-order valence-electron chi connectivity index (χ0n) is 8.22. The fraction of sp³-hybridized carbons (Fsp3) is 0.455. The summed E-state index contributed by atoms with van der Waals surface area (Å²) >= 11 is 0. The third kappa shape index (κ3) is 3.55. The molecule has 1 N–H and O–H groups in total. The molecule has 0 radical (unpaired) electrons. The maximum atomic E-state index is 12.5. The molecule has 1 aromatic rings. The first-order chi connectivity index (χ1) is 7.05. The number of halogens is 3. The maximum Gasteiger partial charge on any atom is 0.416 e. The highest BCUT2D eigenvalue weighted by molar-refractivity contribution is 5.29. The van der Waals surface area contributed by atoms with E-state index in [1.807, 2.05) is 0 Å². The summed E-state index contributed by atoms with van der Waals surface area (Å²) in [4.78, 5) is 0. The number of hydrogen-bond acceptors (Lipinski definition) is 1. The Morgan fingerprint density at radius 2 is 1.73 bits per heavy atom. The smallest absolute Gasteiger partial charge is 0.396 e. The van der Waals surface area contributed by atoms with Crippen molar-refractivity contribution < 1.29 is 18.3 Å². The summed E-state index contributed by atoms with van der Waals surface area (Å²) in [5.74, 6) is 0. The molecule has 1 rings (SSSR count). The van der Waals surface area contributed by atoms with Gasteiger partial charge in [0.15, 0.2) is 0 Å². The van der Waals surface area contributed by atoms with E-state index in [0.717, 1.165) is 6.07 Å². The Morgan fingerprint density at radius 1 is 1.07 bits per heavy atom. The Hall–Kier alpha value is -1.03. The van der Waals surface area contributed by atoms with Crippen LogP contribution in [0.3, 0.4) is 0 Å². The SMILES string of the molecule is OCCCCc1ccccc1C(F)(F)F. The van der Waals surface area contributed by atoms with Gasteiger partial charge in [0.25, 0.3) is 0 Å². The van der Waals surface area contributed by atoms with Gasteiger partial charge >= 0.3 is 6.18 Å². The Morgan fingerprint density at radius 3 is 2.33 bits per heavy atom. The van der Waals surface area contributed by atoms with Crippen LogP contribution in [0, 0.1) is 0 Å². The van der Waals surface area contributed by atoms with E-state index in [1.165, 1.54) is 12.1 Å². The van der Waals surface area contributed by atoms with Crippen molar-refractivity contribution in [3.8, 4) is 0 Å². The Bertz CT molecular complexity index is 307. The molecule has 0 saturated carbocycles. The van der Waals surface area contributed by atoms with Crippen LogP contribution >= 0.6 is 0 Å². The average molecular weight is 218 g/mol. The lowest BCUT2D eigenvalue weighted by atomic mass is 10.0. The third-order valence-electron chi connectivity index (χ3n) is 2.18. The van der Waals surface area contributed by atoms with Gasteiger partial charge in [-0.1, -0.05) is 18.2 Å². The number of aliphatic hydroxyl groups excluding tert-OH is 1. The van der Waals surface area contributed by atoms with Gasteiger partial charge in [0.1, 0.15) is 0 Å². The van der Waals surface area contributed by atoms with Crippen molar-refractivity contribution in [2.45, 2.75) is 25.4 Å². The fourth-order valence-corrected chi connectivity index (χ4v) is 1.44. The average Bonchev–Trinajstić information content (AvgIpc) is 2.17. The largest absolute Gasteiger partial charge is 0.416 e. The molecule has 0 fully saturated rings. The summed E-state index contributed by atoms with van der Waals surface area (Å²) in [6.45, 7) is 0.0220. The van der Waals surface area contributed by atoms with E-state index in [4.69, 9.17) is 5.11 Å². The highest BCUT2D eigenvalue weighted by atomic mass is 19.4. The van der Waals surface area contributed by atoms with Crippen LogP contribution in [0.4, 0.5) is 13.2 Å². The van der Waals surface area contributed by atoms with Crippen molar-refractivity contribution in [3.05, 3.63) is 35.4 Å². The molecular weight excluding hydrogens is 205 g/mol. The highest BCUT2D eigenvalue weighted by Crippen LogP contribution is 2.32. The molecule has 0 bridgehead atoms. The molecular formula is C11H13F3O. The molecule has 84 valence electrons. The number of aryl methyl sites for hydroxylation is 1. The summed E-state index contributed by atoms with van der Waals surface area (Å²) in [5, 5.41) is 8.55. The highest BCUT2D eigenvalue weighted by Gasteiger charge is 2.32. The van der Waals surface area contributed by atoms with E-state index in [9.17, 15) is 13.2 Å². The van der Waals surface area contributed by atoms with Crippen LogP contribution in [-0.2, 0) is 12.6 Å². The molecule has 0 amide bonds. The van der Waals surface area contributed by atoms with E-state index in [0.29, 0.717) is 24.8 Å². The molecule has 15 heavy (non-hydrogen) atoms. The third-order valence-corrected chi connectivity index (χ3v) is 2.18. The van der Waals surface area contributed by atoms with Gasteiger partial charge in [0.05, 0.1) is 5.56 Å². The van der Waals surface area contributed by atoms with Gasteiger partial charge in [0, 0.05) is 6.61 Å². The van der Waals surface area contributed by atoms with E-state index >= 15 is 0 Å². The van der Waals surface area contributed by atoms with Crippen LogP contribution in [0.25, 0.3) is 0 Å². The number of unbranched alkanes of at least 4 members (excludes halogenated alkanes) is 1. The second kappa shape index (κ2) is 5.16. The molecule has 0 atom stereocenters. The zero-order chi connectivity index (χ0) is 11.3. The van der Waals surface area contributed by atoms with Gasteiger partial charge in [0.2, 0.25) is 0 Å². The number of aliphatic hydroxyl groups is 1. The molecule has 0 aliphatic carbocycles. The first kappa shape index (κ1) is 12.0. The second-order valence-corrected chi connectivity index (χ2v) is 3.34. The number of benzene rings is 1. The lowest BCUT2D eigenvalue weighted by Crippen LogP contribution is -2.09. The monoisotopic (exact) mass is 218 g/mol. The van der Waals surface area contributed by atoms with Crippen molar-refractivity contribution in [1.82, 2.24) is 0 Å². The molecule has 0 heterocycles. The van der Waals surface area contributed by atoms with Gasteiger partial charge in [-0.25, -0.2) is 0 Å². The van der Waals surface area contributed by atoms with Gasteiger partial charge in [-0.3, -0.25) is 0 Å². The molecule has 0 spiro atoms. The van der Waals surface area contributed by atoms with E-state index in [-0.39, 0.29) is 6.61 Å². The molecule has 0 unspecified atom stereocenters. The first-order valence-corrected chi connectivity index (χ1v) is 4.81. The minimum atomic E-state index is -4.28. The predicted octanol–water partition coefficient (Wildman–Crippen LogP) is 3.02. The lowest BCUT2D eigenvalue weighted by molar-refractivity contribution is -0.138. The number of alkyl halides is 3. The van der Waals surface area contributed by atoms with Gasteiger partial charge in [-0.15, -0.1) is 0 Å². The van der Waals surface area contributed by atoms with Crippen LogP contribution in [0.1, 0.15) is 24.0 Å². The summed E-state index contributed by atoms with van der Waals surface area (Å²) < 4.78 is 37.5. The van der Waals surface area contributed by atoms with Crippen LogP contribution in [0.2, 0.25) is 0 Å². The lowest BCUT2D eigenvalue weighted by Gasteiger charge is -2.11. The van der Waals surface area contributed by atoms with Crippen LogP contribution in [0.15, 0.2) is 24.3 Å². The minimum absolute atomic E-state index is 0.0220. The maximum absolute atomic E-state index is 12.5. The zero-order valence-corrected chi connectivity index (χ0v) is 8.22. The normalized spacial score (nSPS) is 11.7. The van der Waals surface area contributed by atoms with Crippen molar-refractivity contribution in [1.29, 1.82) is 0 Å². The Balaban J connectivity index is 2.78. The van der Waals surface area contributed by atoms with Crippen molar-refractivity contribution in [3.63, 3.8) is 0 Å². The Kier molecular flexibility index (Phi) is 4.15. The fourth-order valence-electron chi connectivity index (χ4n) is 1.44. The molecule has 0 saturated heterocycles. The molecule has 1 nitrogen and oxygen atoms in total. The van der Waals surface area contributed by atoms with Gasteiger partial charge in [-0.2, -0.15) is 13.2 Å². The molecule has 4 heteroatoms. The van der Waals surface area contributed by atoms with E-state index < -0.39 is 11.7 Å². The van der Waals surface area contributed by atoms with E-state index in [1.54, 1.807) is 6.07 Å². The van der Waals surface area contributed by atoms with Gasteiger partial charge < -0.3 is 5.11 Å². The van der Waals surface area contributed by atoms with Crippen LogP contribution in [-0.4, -0.2) is 11.7 Å². The van der Waals surface area contributed by atoms with Crippen molar-refractivity contribution in [2.24, 2.45) is 0 Å². The number of hydrogen-bond donors (Lipinski definition) is 1. The quantitative estimate of drug-likeness (QED) is 0.770. The second-order valence-electron chi connectivity index (χ2n) is 3.34. The molecule has 0 aliphatic heterocycles. The van der Waals surface area contributed by atoms with Crippen LogP contribution < -0.4 is 0 Å². The van der Waals surface area contributed by atoms with Crippen LogP contribution in [0.5, 0.6) is 0 Å². The molecule has 0 aliphatic rings. The van der Waals surface area contributed by atoms with Crippen molar-refractivity contribution >= 4 is 0 Å². The number of rotatable bonds is 4. The first-order valence-electron chi connectivity index (χ1n) is 4.81. The molecule has 1 aromatic carbocycles.